The zero-order chi connectivity index (χ0) is 27.8. The predicted octanol–water partition coefficient (Wildman–Crippen LogP) is 6.68. The van der Waals surface area contributed by atoms with Gasteiger partial charge in [-0.2, -0.15) is 9.61 Å². The number of rotatable bonds is 5. The summed E-state index contributed by atoms with van der Waals surface area (Å²) in [5.41, 5.74) is 15.4. The fourth-order valence-corrected chi connectivity index (χ4v) is 6.81. The van der Waals surface area contributed by atoms with E-state index < -0.39 is 11.1 Å². The van der Waals surface area contributed by atoms with Crippen LogP contribution in [0.5, 0.6) is 0 Å². The number of hydrogen-bond donors (Lipinski definition) is 2. The van der Waals surface area contributed by atoms with Crippen molar-refractivity contribution < 1.29 is 5.11 Å². The lowest BCUT2D eigenvalue weighted by Crippen LogP contribution is -2.60. The van der Waals surface area contributed by atoms with Gasteiger partial charge in [0.1, 0.15) is 0 Å². The van der Waals surface area contributed by atoms with Gasteiger partial charge < -0.3 is 10.8 Å². The lowest BCUT2D eigenvalue weighted by atomic mass is 9.60. The Bertz CT molecular complexity index is 1920. The van der Waals surface area contributed by atoms with E-state index >= 15 is 0 Å². The maximum Gasteiger partial charge on any atom is 0.165 e. The lowest BCUT2D eigenvalue weighted by Gasteiger charge is -2.52. The Labute approximate surface area is 238 Å². The fourth-order valence-electron chi connectivity index (χ4n) is 6.81. The minimum Gasteiger partial charge on any atom is -0.389 e. The molecule has 0 saturated heterocycles. The monoisotopic (exact) mass is 537 g/mol. The summed E-state index contributed by atoms with van der Waals surface area (Å²) in [6.45, 7) is 2.02. The molecule has 3 aromatic heterocycles. The Balaban J connectivity index is 1.27. The van der Waals surface area contributed by atoms with E-state index in [-0.39, 0.29) is 0 Å². The van der Waals surface area contributed by atoms with Crippen molar-refractivity contribution >= 4 is 16.7 Å². The zero-order valence-electron chi connectivity index (χ0n) is 23.0. The predicted molar refractivity (Wildman–Crippen MR) is 162 cm³/mol. The first-order valence-corrected chi connectivity index (χ1v) is 14.3. The molecule has 0 radical (unpaired) electrons. The largest absolute Gasteiger partial charge is 0.389 e. The Hall–Kier alpha value is -4.39. The van der Waals surface area contributed by atoms with Crippen molar-refractivity contribution in [1.82, 2.24) is 19.6 Å². The molecule has 0 atom stereocenters. The van der Waals surface area contributed by atoms with Crippen LogP contribution in [0.4, 0.5) is 0 Å². The molecule has 6 nitrogen and oxygen atoms in total. The summed E-state index contributed by atoms with van der Waals surface area (Å²) in [6, 6.07) is 31.2. The van der Waals surface area contributed by atoms with Crippen molar-refractivity contribution in [1.29, 1.82) is 0 Å². The van der Waals surface area contributed by atoms with Crippen LogP contribution in [0.2, 0.25) is 0 Å². The van der Waals surface area contributed by atoms with Gasteiger partial charge in [0, 0.05) is 33.8 Å². The molecule has 0 amide bonds. The molecule has 2 fully saturated rings. The van der Waals surface area contributed by atoms with E-state index in [2.05, 4.69) is 54.6 Å². The van der Waals surface area contributed by atoms with Crippen molar-refractivity contribution in [2.75, 3.05) is 0 Å². The van der Waals surface area contributed by atoms with Crippen molar-refractivity contribution in [3.63, 3.8) is 0 Å². The highest BCUT2D eigenvalue weighted by Crippen LogP contribution is 2.57. The van der Waals surface area contributed by atoms with Crippen molar-refractivity contribution in [3.8, 4) is 33.5 Å². The second-order valence-electron chi connectivity index (χ2n) is 11.9. The van der Waals surface area contributed by atoms with E-state index in [0.29, 0.717) is 18.8 Å². The molecular formula is C35H31N5O. The summed E-state index contributed by atoms with van der Waals surface area (Å²) in [5.74, 6) is 0.424. The van der Waals surface area contributed by atoms with Gasteiger partial charge in [-0.1, -0.05) is 84.9 Å². The molecular weight excluding hydrogens is 506 g/mol. The normalized spacial score (nSPS) is 22.2. The van der Waals surface area contributed by atoms with Gasteiger partial charge >= 0.3 is 0 Å². The van der Waals surface area contributed by atoms with Crippen LogP contribution in [0.1, 0.15) is 36.9 Å². The summed E-state index contributed by atoms with van der Waals surface area (Å²) < 4.78 is 1.88. The van der Waals surface area contributed by atoms with Crippen molar-refractivity contribution in [2.45, 2.75) is 43.7 Å². The van der Waals surface area contributed by atoms with Gasteiger partial charge in [0.05, 0.1) is 17.0 Å². The number of benzene rings is 3. The molecule has 0 aliphatic heterocycles. The van der Waals surface area contributed by atoms with Gasteiger partial charge in [-0.05, 0) is 61.3 Å². The molecule has 3 heterocycles. The highest BCUT2D eigenvalue weighted by molar-refractivity contribution is 5.92. The van der Waals surface area contributed by atoms with Gasteiger partial charge in [-0.3, -0.25) is 0 Å². The number of hydrogen-bond acceptors (Lipinski definition) is 5. The summed E-state index contributed by atoms with van der Waals surface area (Å²) in [4.78, 5) is 10.1. The zero-order valence-corrected chi connectivity index (χ0v) is 23.0. The molecule has 41 heavy (non-hydrogen) atoms. The fraction of sp³-hybridized carbons (Fsp3) is 0.229. The molecule has 8 rings (SSSR count). The van der Waals surface area contributed by atoms with Crippen LogP contribution in [-0.4, -0.2) is 30.3 Å². The van der Waals surface area contributed by atoms with Gasteiger partial charge in [0.15, 0.2) is 11.3 Å². The molecule has 0 spiro atoms. The number of nitrogens with two attached hydrogens (primary N) is 1. The second-order valence-corrected chi connectivity index (χ2v) is 11.9. The standard InChI is InChI=1S/C35H31N5O/c1-22-30(24-10-6-3-7-11-24)33-37-19-26-18-29(23-8-4-2-5-9-23)31(38-32(26)40(33)39-22)25-12-14-27(15-13-25)34(36)20-35(41,21-34)28-16-17-28/h2-15,18-19,28,41H,16-17,20-21,36H2,1H3. The minimum atomic E-state index is -0.590. The van der Waals surface area contributed by atoms with Crippen LogP contribution in [0.25, 0.3) is 50.2 Å². The summed E-state index contributed by atoms with van der Waals surface area (Å²) in [7, 11) is 0. The first kappa shape index (κ1) is 24.4. The Kier molecular flexibility index (Phi) is 5.24. The van der Waals surface area contributed by atoms with E-state index in [1.165, 1.54) is 0 Å². The van der Waals surface area contributed by atoms with Crippen LogP contribution in [0.3, 0.4) is 0 Å². The molecule has 2 saturated carbocycles. The van der Waals surface area contributed by atoms with Crippen LogP contribution in [0, 0.1) is 12.8 Å². The van der Waals surface area contributed by atoms with Crippen LogP contribution in [0.15, 0.2) is 97.2 Å². The SMILES string of the molecule is Cc1nn2c(ncc3cc(-c4ccccc4)c(-c4ccc(C5(N)CC(O)(C6CC6)C5)cc4)nc32)c1-c1ccccc1. The van der Waals surface area contributed by atoms with E-state index in [4.69, 9.17) is 20.8 Å². The summed E-state index contributed by atoms with van der Waals surface area (Å²) in [5, 5.41) is 16.7. The third kappa shape index (κ3) is 3.90. The molecule has 3 N–H and O–H groups in total. The molecule has 202 valence electrons. The number of aromatic nitrogens is 4. The van der Waals surface area contributed by atoms with E-state index in [0.717, 1.165) is 74.3 Å². The lowest BCUT2D eigenvalue weighted by molar-refractivity contribution is -0.106. The van der Waals surface area contributed by atoms with Gasteiger partial charge in [-0.15, -0.1) is 0 Å². The van der Waals surface area contributed by atoms with Gasteiger partial charge in [-0.25, -0.2) is 9.97 Å². The Morgan fingerprint density at radius 3 is 2.15 bits per heavy atom. The number of aryl methyl sites for hydroxylation is 1. The van der Waals surface area contributed by atoms with Gasteiger partial charge in [0.25, 0.3) is 0 Å². The van der Waals surface area contributed by atoms with E-state index in [9.17, 15) is 5.11 Å². The first-order chi connectivity index (χ1) is 19.9. The highest BCUT2D eigenvalue weighted by Gasteiger charge is 2.58. The maximum absolute atomic E-state index is 10.9. The number of fused-ring (bicyclic) bond motifs is 3. The number of nitrogens with zero attached hydrogens (tertiary/aromatic N) is 4. The highest BCUT2D eigenvalue weighted by atomic mass is 16.3. The average molecular weight is 538 g/mol. The molecule has 2 aliphatic carbocycles. The van der Waals surface area contributed by atoms with E-state index in [1.54, 1.807) is 0 Å². The van der Waals surface area contributed by atoms with Crippen LogP contribution < -0.4 is 5.73 Å². The van der Waals surface area contributed by atoms with Crippen molar-refractivity contribution in [3.05, 3.63) is 108 Å². The molecule has 6 heteroatoms. The molecule has 2 aliphatic rings. The Morgan fingerprint density at radius 2 is 1.49 bits per heavy atom. The second kappa shape index (κ2) is 8.80. The molecule has 3 aromatic carbocycles. The van der Waals surface area contributed by atoms with Crippen molar-refractivity contribution in [2.24, 2.45) is 11.7 Å². The molecule has 6 aromatic rings. The first-order valence-electron chi connectivity index (χ1n) is 14.3. The Morgan fingerprint density at radius 1 is 0.829 bits per heavy atom. The quantitative estimate of drug-likeness (QED) is 0.256. The summed E-state index contributed by atoms with van der Waals surface area (Å²) >= 11 is 0. The third-order valence-corrected chi connectivity index (χ3v) is 9.05. The summed E-state index contributed by atoms with van der Waals surface area (Å²) in [6.07, 6.45) is 5.39. The average Bonchev–Trinajstić information content (AvgIpc) is 3.79. The molecule has 0 bridgehead atoms. The van der Waals surface area contributed by atoms with E-state index in [1.807, 2.05) is 54.0 Å². The topological polar surface area (TPSA) is 89.3 Å². The minimum absolute atomic E-state index is 0.424. The molecule has 0 unspecified atom stereocenters. The van der Waals surface area contributed by atoms with Crippen LogP contribution >= 0.6 is 0 Å². The van der Waals surface area contributed by atoms with Crippen LogP contribution in [-0.2, 0) is 5.54 Å². The third-order valence-electron chi connectivity index (χ3n) is 9.05. The number of pyridine rings is 1. The van der Waals surface area contributed by atoms with Gasteiger partial charge in [0.2, 0.25) is 0 Å². The smallest absolute Gasteiger partial charge is 0.165 e. The number of aliphatic hydroxyl groups is 1. The maximum atomic E-state index is 10.9.